The molecule has 0 fully saturated rings. The smallest absolute Gasteiger partial charge is 0.303 e. The van der Waals surface area contributed by atoms with E-state index in [4.69, 9.17) is 5.11 Å². The number of rotatable bonds is 3. The van der Waals surface area contributed by atoms with E-state index >= 15 is 0 Å². The summed E-state index contributed by atoms with van der Waals surface area (Å²) in [7, 11) is 0. The summed E-state index contributed by atoms with van der Waals surface area (Å²) in [5, 5.41) is 8.68. The van der Waals surface area contributed by atoms with E-state index in [1.54, 1.807) is 0 Å². The average molecular weight is 273 g/mol. The SMILES string of the molecule is O=C(O)CCC1CCCn2cnc(Br)c21. The molecule has 0 saturated carbocycles. The number of imidazole rings is 1. The van der Waals surface area contributed by atoms with Gasteiger partial charge in [-0.3, -0.25) is 4.79 Å². The van der Waals surface area contributed by atoms with Crippen LogP contribution < -0.4 is 0 Å². The molecule has 0 spiro atoms. The highest BCUT2D eigenvalue weighted by Crippen LogP contribution is 2.35. The van der Waals surface area contributed by atoms with Gasteiger partial charge in [-0.15, -0.1) is 0 Å². The number of hydrogen-bond acceptors (Lipinski definition) is 2. The minimum atomic E-state index is -0.720. The number of hydrogen-bond donors (Lipinski definition) is 1. The summed E-state index contributed by atoms with van der Waals surface area (Å²) in [6.45, 7) is 0.998. The molecule has 15 heavy (non-hydrogen) atoms. The van der Waals surface area contributed by atoms with Crippen molar-refractivity contribution in [3.8, 4) is 0 Å². The number of carboxylic acid groups (broad SMARTS) is 1. The van der Waals surface area contributed by atoms with Crippen LogP contribution in [-0.4, -0.2) is 20.6 Å². The molecule has 0 bridgehead atoms. The van der Waals surface area contributed by atoms with Crippen molar-refractivity contribution in [3.05, 3.63) is 16.6 Å². The van der Waals surface area contributed by atoms with Crippen molar-refractivity contribution in [2.45, 2.75) is 38.1 Å². The summed E-state index contributed by atoms with van der Waals surface area (Å²) in [6.07, 6.45) is 4.95. The largest absolute Gasteiger partial charge is 0.481 e. The Labute approximate surface area is 96.4 Å². The zero-order chi connectivity index (χ0) is 10.8. The first-order valence-corrected chi connectivity index (χ1v) is 5.90. The third-order valence-corrected chi connectivity index (χ3v) is 3.49. The van der Waals surface area contributed by atoms with Crippen LogP contribution in [0.15, 0.2) is 10.9 Å². The summed E-state index contributed by atoms with van der Waals surface area (Å²) in [6, 6.07) is 0. The van der Waals surface area contributed by atoms with Gasteiger partial charge < -0.3 is 9.67 Å². The third-order valence-electron chi connectivity index (χ3n) is 2.88. The van der Waals surface area contributed by atoms with Crippen LogP contribution in [0.25, 0.3) is 0 Å². The number of fused-ring (bicyclic) bond motifs is 1. The Morgan fingerprint density at radius 1 is 1.73 bits per heavy atom. The van der Waals surface area contributed by atoms with Crippen LogP contribution in [0.2, 0.25) is 0 Å². The van der Waals surface area contributed by atoms with Crippen LogP contribution in [0.3, 0.4) is 0 Å². The zero-order valence-electron chi connectivity index (χ0n) is 8.32. The monoisotopic (exact) mass is 272 g/mol. The van der Waals surface area contributed by atoms with Crippen LogP contribution in [0, 0.1) is 0 Å². The fourth-order valence-corrected chi connectivity index (χ4v) is 2.81. The number of aromatic nitrogens is 2. The lowest BCUT2D eigenvalue weighted by atomic mass is 9.92. The second-order valence-electron chi connectivity index (χ2n) is 3.89. The molecule has 4 nitrogen and oxygen atoms in total. The minimum Gasteiger partial charge on any atom is -0.481 e. The minimum absolute atomic E-state index is 0.238. The van der Waals surface area contributed by atoms with Gasteiger partial charge >= 0.3 is 5.97 Å². The summed E-state index contributed by atoms with van der Waals surface area (Å²) < 4.78 is 3.00. The number of halogens is 1. The van der Waals surface area contributed by atoms with Gasteiger partial charge in [-0.05, 0) is 35.2 Å². The highest BCUT2D eigenvalue weighted by molar-refractivity contribution is 9.10. The molecule has 82 valence electrons. The zero-order valence-corrected chi connectivity index (χ0v) is 9.90. The molecule has 0 aromatic carbocycles. The summed E-state index contributed by atoms with van der Waals surface area (Å²) in [5.41, 5.74) is 1.17. The van der Waals surface area contributed by atoms with Gasteiger partial charge in [-0.2, -0.15) is 0 Å². The van der Waals surface area contributed by atoms with Crippen molar-refractivity contribution in [3.63, 3.8) is 0 Å². The maximum absolute atomic E-state index is 10.5. The van der Waals surface area contributed by atoms with Crippen LogP contribution in [-0.2, 0) is 11.3 Å². The van der Waals surface area contributed by atoms with Crippen molar-refractivity contribution in [2.24, 2.45) is 0 Å². The molecule has 1 unspecified atom stereocenters. The third kappa shape index (κ3) is 2.22. The molecule has 0 radical (unpaired) electrons. The Kier molecular flexibility index (Phi) is 3.09. The molecule has 1 aromatic heterocycles. The topological polar surface area (TPSA) is 55.1 Å². The maximum Gasteiger partial charge on any atom is 0.303 e. The number of carboxylic acids is 1. The van der Waals surface area contributed by atoms with Gasteiger partial charge in [0.05, 0.1) is 12.0 Å². The molecular formula is C10H13BrN2O2. The van der Waals surface area contributed by atoms with Gasteiger partial charge in [0, 0.05) is 18.9 Å². The van der Waals surface area contributed by atoms with Gasteiger partial charge in [0.1, 0.15) is 4.60 Å². The van der Waals surface area contributed by atoms with E-state index in [1.165, 1.54) is 5.69 Å². The van der Waals surface area contributed by atoms with Crippen LogP contribution >= 0.6 is 15.9 Å². The van der Waals surface area contributed by atoms with Gasteiger partial charge in [0.2, 0.25) is 0 Å². The molecule has 2 heterocycles. The molecule has 1 aliphatic rings. The predicted octanol–water partition coefficient (Wildman–Crippen LogP) is 2.39. The lowest BCUT2D eigenvalue weighted by Crippen LogP contribution is -2.16. The second-order valence-corrected chi connectivity index (χ2v) is 4.64. The molecular weight excluding hydrogens is 260 g/mol. The van der Waals surface area contributed by atoms with Crippen molar-refractivity contribution < 1.29 is 9.90 Å². The van der Waals surface area contributed by atoms with Crippen LogP contribution in [0.5, 0.6) is 0 Å². The molecule has 1 atom stereocenters. The Bertz CT molecular complexity index is 375. The van der Waals surface area contributed by atoms with Crippen molar-refractivity contribution >= 4 is 21.9 Å². The van der Waals surface area contributed by atoms with E-state index in [0.29, 0.717) is 12.3 Å². The number of carbonyl (C=O) groups is 1. The maximum atomic E-state index is 10.5. The van der Waals surface area contributed by atoms with E-state index in [1.807, 2.05) is 6.33 Å². The summed E-state index contributed by atoms with van der Waals surface area (Å²) in [4.78, 5) is 14.8. The van der Waals surface area contributed by atoms with Gasteiger partial charge in [0.15, 0.2) is 0 Å². The summed E-state index contributed by atoms with van der Waals surface area (Å²) >= 11 is 3.42. The Morgan fingerprint density at radius 3 is 3.27 bits per heavy atom. The van der Waals surface area contributed by atoms with Crippen molar-refractivity contribution in [1.29, 1.82) is 0 Å². The van der Waals surface area contributed by atoms with Gasteiger partial charge in [0.25, 0.3) is 0 Å². The first-order chi connectivity index (χ1) is 7.18. The number of nitrogens with zero attached hydrogens (tertiary/aromatic N) is 2. The molecule has 2 rings (SSSR count). The molecule has 5 heteroatoms. The lowest BCUT2D eigenvalue weighted by Gasteiger charge is -2.23. The van der Waals surface area contributed by atoms with Crippen LogP contribution in [0.1, 0.15) is 37.3 Å². The molecule has 1 N–H and O–H groups in total. The normalized spacial score (nSPS) is 19.9. The first kappa shape index (κ1) is 10.7. The Balaban J connectivity index is 2.14. The first-order valence-electron chi connectivity index (χ1n) is 5.11. The average Bonchev–Trinajstić information content (AvgIpc) is 2.58. The molecule has 1 aliphatic heterocycles. The van der Waals surface area contributed by atoms with Gasteiger partial charge in [-0.1, -0.05) is 0 Å². The van der Waals surface area contributed by atoms with Crippen molar-refractivity contribution in [1.82, 2.24) is 9.55 Å². The lowest BCUT2D eigenvalue weighted by molar-refractivity contribution is -0.137. The highest BCUT2D eigenvalue weighted by Gasteiger charge is 2.24. The quantitative estimate of drug-likeness (QED) is 0.919. The van der Waals surface area contributed by atoms with E-state index in [-0.39, 0.29) is 6.42 Å². The van der Waals surface area contributed by atoms with E-state index in [9.17, 15) is 4.79 Å². The van der Waals surface area contributed by atoms with Gasteiger partial charge in [-0.25, -0.2) is 4.98 Å². The fraction of sp³-hybridized carbons (Fsp3) is 0.600. The van der Waals surface area contributed by atoms with E-state index < -0.39 is 5.97 Å². The fourth-order valence-electron chi connectivity index (χ4n) is 2.17. The second kappa shape index (κ2) is 4.35. The van der Waals surface area contributed by atoms with E-state index in [2.05, 4.69) is 25.5 Å². The summed E-state index contributed by atoms with van der Waals surface area (Å²) in [5.74, 6) is -0.380. The molecule has 0 amide bonds. The molecule has 0 saturated heterocycles. The number of aryl methyl sites for hydroxylation is 1. The van der Waals surface area contributed by atoms with E-state index in [0.717, 1.165) is 24.0 Å². The number of aliphatic carboxylic acids is 1. The highest BCUT2D eigenvalue weighted by atomic mass is 79.9. The predicted molar refractivity (Wildman–Crippen MR) is 58.8 cm³/mol. The standard InChI is InChI=1S/C10H13BrN2O2/c11-10-9-7(3-4-8(14)15)2-1-5-13(9)6-12-10/h6-7H,1-5H2,(H,14,15). The Morgan fingerprint density at radius 2 is 2.53 bits per heavy atom. The molecule has 1 aromatic rings. The van der Waals surface area contributed by atoms with Crippen molar-refractivity contribution in [2.75, 3.05) is 0 Å². The molecule has 0 aliphatic carbocycles. The van der Waals surface area contributed by atoms with Crippen LogP contribution in [0.4, 0.5) is 0 Å². The Hall–Kier alpha value is -0.840.